The lowest BCUT2D eigenvalue weighted by Gasteiger charge is -2.01. The molecule has 0 atom stereocenters. The fraction of sp³-hybridized carbons (Fsp3) is 0. The largest absolute Gasteiger partial charge is 0.508 e. The number of aromatic nitrogens is 3. The van der Waals surface area contributed by atoms with Crippen LogP contribution in [0.1, 0.15) is 0 Å². The summed E-state index contributed by atoms with van der Waals surface area (Å²) in [5, 5.41) is 13.5. The van der Waals surface area contributed by atoms with E-state index < -0.39 is 16.5 Å². The molecule has 0 saturated carbocycles. The fourth-order valence-corrected chi connectivity index (χ4v) is 1.90. The highest BCUT2D eigenvalue weighted by Gasteiger charge is 2.11. The van der Waals surface area contributed by atoms with Crippen LogP contribution in [0.25, 0.3) is 21.8 Å². The third-order valence-corrected chi connectivity index (χ3v) is 2.73. The maximum Gasteiger partial charge on any atom is 0.287 e. The first-order valence-electron chi connectivity index (χ1n) is 5.07. The smallest absolute Gasteiger partial charge is 0.287 e. The van der Waals surface area contributed by atoms with Crippen LogP contribution in [0.3, 0.4) is 0 Å². The first kappa shape index (κ1) is 10.3. The zero-order chi connectivity index (χ0) is 12.9. The Labute approximate surface area is 97.7 Å². The molecule has 7 nitrogen and oxygen atoms in total. The second-order valence-corrected chi connectivity index (χ2v) is 3.84. The van der Waals surface area contributed by atoms with Crippen molar-refractivity contribution < 1.29 is 5.11 Å². The van der Waals surface area contributed by atoms with Gasteiger partial charge < -0.3 is 10.1 Å². The first-order valence-corrected chi connectivity index (χ1v) is 5.07. The minimum absolute atomic E-state index is 0.0815. The van der Waals surface area contributed by atoms with E-state index in [2.05, 4.69) is 15.2 Å². The van der Waals surface area contributed by atoms with Crippen molar-refractivity contribution in [1.29, 1.82) is 0 Å². The van der Waals surface area contributed by atoms with E-state index in [9.17, 15) is 19.5 Å². The van der Waals surface area contributed by atoms with E-state index in [1.165, 1.54) is 18.2 Å². The number of benzene rings is 1. The highest BCUT2D eigenvalue weighted by atomic mass is 16.3. The van der Waals surface area contributed by atoms with Gasteiger partial charge in [-0.3, -0.25) is 24.6 Å². The van der Waals surface area contributed by atoms with E-state index in [0.29, 0.717) is 5.52 Å². The lowest BCUT2D eigenvalue weighted by atomic mass is 10.1. The van der Waals surface area contributed by atoms with Gasteiger partial charge in [-0.2, -0.15) is 0 Å². The molecule has 2 aromatic heterocycles. The highest BCUT2D eigenvalue weighted by Crippen LogP contribution is 2.16. The average Bonchev–Trinajstić information content (AvgIpc) is 2.35. The number of aromatic hydroxyl groups is 1. The molecule has 0 unspecified atom stereocenters. The van der Waals surface area contributed by atoms with Gasteiger partial charge >= 0.3 is 0 Å². The topological polar surface area (TPSA) is 119 Å². The standard InChI is InChI=1S/C11H7N3O4/c15-4-1-2-6-5(3-4)9(16)7-8(12-6)11(18)14-13-10(7)17/h1-3,15H,(H,12,16)(H,13,17)(H,14,18). The zero-order valence-electron chi connectivity index (χ0n) is 8.90. The second kappa shape index (κ2) is 3.33. The Morgan fingerprint density at radius 2 is 1.72 bits per heavy atom. The second-order valence-electron chi connectivity index (χ2n) is 3.84. The fourth-order valence-electron chi connectivity index (χ4n) is 1.90. The van der Waals surface area contributed by atoms with Crippen LogP contribution in [0.2, 0.25) is 0 Å². The summed E-state index contributed by atoms with van der Waals surface area (Å²) in [6, 6.07) is 4.09. The Kier molecular flexibility index (Phi) is 1.91. The normalized spacial score (nSPS) is 11.1. The van der Waals surface area contributed by atoms with Gasteiger partial charge in [-0.15, -0.1) is 0 Å². The molecule has 0 aliphatic rings. The number of fused-ring (bicyclic) bond motifs is 2. The predicted octanol–water partition coefficient (Wildman–Crippen LogP) is -0.237. The van der Waals surface area contributed by atoms with Crippen molar-refractivity contribution >= 4 is 21.8 Å². The number of hydrogen-bond acceptors (Lipinski definition) is 4. The Balaban J connectivity index is 2.75. The number of hydrogen-bond donors (Lipinski definition) is 4. The van der Waals surface area contributed by atoms with Crippen LogP contribution >= 0.6 is 0 Å². The number of phenolic OH excluding ortho intramolecular Hbond substituents is 1. The molecule has 7 heteroatoms. The molecule has 0 spiro atoms. The third kappa shape index (κ3) is 1.27. The van der Waals surface area contributed by atoms with Crippen LogP contribution in [-0.2, 0) is 0 Å². The number of aromatic amines is 3. The number of phenols is 1. The summed E-state index contributed by atoms with van der Waals surface area (Å²) in [6.07, 6.45) is 0. The molecular weight excluding hydrogens is 238 g/mol. The van der Waals surface area contributed by atoms with Gasteiger partial charge in [0.1, 0.15) is 16.7 Å². The van der Waals surface area contributed by atoms with Gasteiger partial charge in [-0.25, -0.2) is 0 Å². The molecule has 0 aliphatic carbocycles. The van der Waals surface area contributed by atoms with E-state index in [1.807, 2.05) is 0 Å². The number of pyridine rings is 1. The zero-order valence-corrected chi connectivity index (χ0v) is 8.90. The van der Waals surface area contributed by atoms with Crippen LogP contribution in [0.5, 0.6) is 5.75 Å². The van der Waals surface area contributed by atoms with Crippen molar-refractivity contribution in [2.24, 2.45) is 0 Å². The number of rotatable bonds is 0. The molecule has 3 rings (SSSR count). The molecule has 4 N–H and O–H groups in total. The number of nitrogens with one attached hydrogen (secondary N) is 3. The van der Waals surface area contributed by atoms with Crippen LogP contribution in [0.4, 0.5) is 0 Å². The highest BCUT2D eigenvalue weighted by molar-refractivity contribution is 5.91. The van der Waals surface area contributed by atoms with Gasteiger partial charge in [0.05, 0.1) is 5.52 Å². The molecule has 0 saturated heterocycles. The quantitative estimate of drug-likeness (QED) is 0.409. The van der Waals surface area contributed by atoms with Crippen molar-refractivity contribution in [1.82, 2.24) is 15.2 Å². The maximum atomic E-state index is 12.1. The van der Waals surface area contributed by atoms with Crippen LogP contribution < -0.4 is 16.5 Å². The van der Waals surface area contributed by atoms with Crippen LogP contribution in [0.15, 0.2) is 32.6 Å². The summed E-state index contributed by atoms with van der Waals surface area (Å²) >= 11 is 0. The van der Waals surface area contributed by atoms with Crippen LogP contribution in [-0.4, -0.2) is 20.3 Å². The Bertz CT molecular complexity index is 948. The first-order chi connectivity index (χ1) is 8.58. The molecule has 1 aromatic carbocycles. The van der Waals surface area contributed by atoms with E-state index in [-0.39, 0.29) is 22.0 Å². The van der Waals surface area contributed by atoms with Crippen molar-refractivity contribution in [3.8, 4) is 5.75 Å². The minimum atomic E-state index is -0.684. The van der Waals surface area contributed by atoms with E-state index >= 15 is 0 Å². The molecule has 0 aliphatic heterocycles. The Hall–Kier alpha value is -2.83. The van der Waals surface area contributed by atoms with E-state index in [1.54, 1.807) is 0 Å². The molecule has 0 bridgehead atoms. The van der Waals surface area contributed by atoms with Gasteiger partial charge in [0, 0.05) is 5.39 Å². The van der Waals surface area contributed by atoms with E-state index in [4.69, 9.17) is 0 Å². The molecule has 0 amide bonds. The van der Waals surface area contributed by atoms with Gasteiger partial charge in [0.15, 0.2) is 0 Å². The lowest BCUT2D eigenvalue weighted by Crippen LogP contribution is -2.25. The van der Waals surface area contributed by atoms with Crippen LogP contribution in [0, 0.1) is 0 Å². The third-order valence-electron chi connectivity index (χ3n) is 2.73. The van der Waals surface area contributed by atoms with Gasteiger partial charge in [0.25, 0.3) is 11.1 Å². The molecule has 3 aromatic rings. The van der Waals surface area contributed by atoms with Crippen molar-refractivity contribution in [2.75, 3.05) is 0 Å². The summed E-state index contributed by atoms with van der Waals surface area (Å²) in [7, 11) is 0. The Morgan fingerprint density at radius 3 is 2.50 bits per heavy atom. The summed E-state index contributed by atoms with van der Waals surface area (Å²) in [6.45, 7) is 0. The molecule has 18 heavy (non-hydrogen) atoms. The van der Waals surface area contributed by atoms with Crippen molar-refractivity contribution in [3.63, 3.8) is 0 Å². The molecule has 90 valence electrons. The van der Waals surface area contributed by atoms with Gasteiger partial charge in [-0.1, -0.05) is 0 Å². The monoisotopic (exact) mass is 245 g/mol. The summed E-state index contributed by atoms with van der Waals surface area (Å²) < 4.78 is 0. The summed E-state index contributed by atoms with van der Waals surface area (Å²) in [5.41, 5.74) is -1.57. The average molecular weight is 245 g/mol. The summed E-state index contributed by atoms with van der Waals surface area (Å²) in [4.78, 5) is 37.9. The van der Waals surface area contributed by atoms with Gasteiger partial charge in [0.2, 0.25) is 5.43 Å². The molecule has 0 radical (unpaired) electrons. The lowest BCUT2D eigenvalue weighted by molar-refractivity contribution is 0.476. The SMILES string of the molecule is O=c1[nH][nH]c(=O)c2c(=O)c3cc(O)ccc3[nH]c12. The van der Waals surface area contributed by atoms with Gasteiger partial charge in [-0.05, 0) is 18.2 Å². The van der Waals surface area contributed by atoms with E-state index in [0.717, 1.165) is 0 Å². The van der Waals surface area contributed by atoms with Crippen molar-refractivity contribution in [3.05, 3.63) is 49.1 Å². The number of H-pyrrole nitrogens is 3. The van der Waals surface area contributed by atoms with Crippen molar-refractivity contribution in [2.45, 2.75) is 0 Å². The molecule has 2 heterocycles. The minimum Gasteiger partial charge on any atom is -0.508 e. The Morgan fingerprint density at radius 1 is 1.00 bits per heavy atom. The molecular formula is C11H7N3O4. The molecule has 0 fully saturated rings. The summed E-state index contributed by atoms with van der Waals surface area (Å²) in [5.74, 6) is -0.0892. The maximum absolute atomic E-state index is 12.1. The predicted molar refractivity (Wildman–Crippen MR) is 65.0 cm³/mol.